The van der Waals surface area contributed by atoms with Crippen LogP contribution in [0.1, 0.15) is 108 Å². The lowest BCUT2D eigenvalue weighted by Crippen LogP contribution is -2.23. The maximum Gasteiger partial charge on any atom is 0.338 e. The lowest BCUT2D eigenvalue weighted by molar-refractivity contribution is 0.0522. The first-order valence-corrected chi connectivity index (χ1v) is 24.0. The normalized spacial score (nSPS) is 10.6. The first-order chi connectivity index (χ1) is 24.5. The van der Waals surface area contributed by atoms with Crippen LogP contribution in [0, 0.1) is 13.8 Å². The zero-order chi connectivity index (χ0) is 37.2. The molecule has 0 atom stereocenters. The molecule has 290 valence electrons. The third kappa shape index (κ3) is 15.9. The van der Waals surface area contributed by atoms with Crippen LogP contribution in [0.2, 0.25) is 25.7 Å². The molecule has 4 nitrogen and oxygen atoms in total. The number of hydrogen-bond acceptors (Lipinski definition) is 6. The van der Waals surface area contributed by atoms with Crippen LogP contribution in [0.15, 0.2) is 94.7 Å². The molecule has 0 unspecified atom stereocenters. The van der Waals surface area contributed by atoms with E-state index >= 15 is 0 Å². The van der Waals surface area contributed by atoms with Gasteiger partial charge in [-0.3, -0.25) is 0 Å². The summed E-state index contributed by atoms with van der Waals surface area (Å²) in [4.78, 5) is 27.7. The van der Waals surface area contributed by atoms with Gasteiger partial charge in [-0.2, -0.15) is 0 Å². The zero-order valence-electron chi connectivity index (χ0n) is 32.1. The molecule has 0 fully saturated rings. The number of carbonyl (C=O) groups is 2. The van der Waals surface area contributed by atoms with E-state index in [9.17, 15) is 9.59 Å². The van der Waals surface area contributed by atoms with Gasteiger partial charge in [0.05, 0.1) is 24.8 Å². The Bertz CT molecular complexity index is 1670. The summed E-state index contributed by atoms with van der Waals surface area (Å²) in [6, 6.07) is 30.2. The molecule has 0 aliphatic rings. The molecular formula is C46H66O4S2Si. The summed E-state index contributed by atoms with van der Waals surface area (Å²) >= 11 is 3.55. The van der Waals surface area contributed by atoms with Crippen molar-refractivity contribution < 1.29 is 19.1 Å². The summed E-state index contributed by atoms with van der Waals surface area (Å²) in [5.74, 6) is 1.19. The van der Waals surface area contributed by atoms with Gasteiger partial charge in [0.15, 0.2) is 0 Å². The summed E-state index contributed by atoms with van der Waals surface area (Å²) in [5, 5.41) is 0. The molecule has 4 rings (SSSR count). The molecule has 0 saturated heterocycles. The van der Waals surface area contributed by atoms with Crippen LogP contribution in [-0.4, -0.2) is 33.7 Å². The van der Waals surface area contributed by atoms with Gasteiger partial charge < -0.3 is 9.47 Å². The Morgan fingerprint density at radius 3 is 1.42 bits per heavy atom. The second kappa shape index (κ2) is 24.9. The molecule has 53 heavy (non-hydrogen) atoms. The van der Waals surface area contributed by atoms with E-state index in [0.29, 0.717) is 6.61 Å². The Balaban J connectivity index is 0.000000519. The van der Waals surface area contributed by atoms with Crippen molar-refractivity contribution in [2.24, 2.45) is 0 Å². The van der Waals surface area contributed by atoms with Crippen LogP contribution >= 0.6 is 23.5 Å². The lowest BCUT2D eigenvalue weighted by Gasteiger charge is -2.19. The van der Waals surface area contributed by atoms with Gasteiger partial charge in [0.2, 0.25) is 0 Å². The van der Waals surface area contributed by atoms with E-state index in [1.807, 2.05) is 44.2 Å². The number of hydrogen-bond donors (Lipinski definition) is 0. The van der Waals surface area contributed by atoms with Crippen molar-refractivity contribution in [3.05, 3.63) is 129 Å². The van der Waals surface area contributed by atoms with Crippen molar-refractivity contribution in [1.82, 2.24) is 0 Å². The van der Waals surface area contributed by atoms with E-state index < -0.39 is 8.07 Å². The second-order valence-corrected chi connectivity index (χ2v) is 21.9. The third-order valence-corrected chi connectivity index (χ3v) is 12.5. The number of methoxy groups -OCH3 is 1. The highest BCUT2D eigenvalue weighted by Crippen LogP contribution is 2.31. The monoisotopic (exact) mass is 774 g/mol. The van der Waals surface area contributed by atoms with Gasteiger partial charge in [0, 0.05) is 29.4 Å². The van der Waals surface area contributed by atoms with Crippen LogP contribution in [0.4, 0.5) is 0 Å². The van der Waals surface area contributed by atoms with Gasteiger partial charge in [-0.15, -0.1) is 23.5 Å². The molecule has 0 bridgehead atoms. The minimum atomic E-state index is -1.22. The number of ether oxygens (including phenoxy) is 2. The number of carbonyl (C=O) groups excluding carboxylic acids is 2. The maximum absolute atomic E-state index is 13.0. The van der Waals surface area contributed by atoms with Gasteiger partial charge in [-0.05, 0) is 103 Å². The first-order valence-electron chi connectivity index (χ1n) is 18.3. The molecule has 7 heteroatoms. The standard InChI is InChI=1S/C24H34O2SSi.C20H24O2S.2CH4/c1-6-7-11-20-15-14-19(2)23(24(25)26-16-17-28(3,4)5)22(20)18-27-21-12-9-8-10-13-21;1-4-5-9-16-13-12-15(2)19(20(21)22-3)18(16)14-23-17-10-7-6-8-11-17;;/h8-10,12-15H,6-7,11,16-18H2,1-5H3;6-8,10-13H,4-5,9,14H2,1-3H3;2*1H4. The zero-order valence-corrected chi connectivity index (χ0v) is 34.7. The smallest absolute Gasteiger partial charge is 0.338 e. The summed E-state index contributed by atoms with van der Waals surface area (Å²) in [6.45, 7) is 15.8. The van der Waals surface area contributed by atoms with Crippen molar-refractivity contribution in [3.63, 3.8) is 0 Å². The van der Waals surface area contributed by atoms with Crippen molar-refractivity contribution in [3.8, 4) is 0 Å². The molecule has 0 saturated carbocycles. The van der Waals surface area contributed by atoms with E-state index in [-0.39, 0.29) is 26.8 Å². The van der Waals surface area contributed by atoms with Crippen LogP contribution < -0.4 is 0 Å². The molecule has 0 spiro atoms. The molecular weight excluding hydrogens is 709 g/mol. The van der Waals surface area contributed by atoms with Gasteiger partial charge >= 0.3 is 11.9 Å². The van der Waals surface area contributed by atoms with Gasteiger partial charge in [0.1, 0.15) is 0 Å². The van der Waals surface area contributed by atoms with Crippen molar-refractivity contribution in [1.29, 1.82) is 0 Å². The largest absolute Gasteiger partial charge is 0.465 e. The minimum Gasteiger partial charge on any atom is -0.465 e. The SMILES string of the molecule is C.C.CCCCc1ccc(C)c(C(=O)OC)c1CSc1ccccc1.CCCCc1ccc(C)c(C(=O)OCC[Si](C)(C)C)c1CSc1ccccc1. The molecule has 0 N–H and O–H groups in total. The quantitative estimate of drug-likeness (QED) is 0.0605. The fraction of sp³-hybridized carbons (Fsp3) is 0.435. The number of unbranched alkanes of at least 4 members (excludes halogenated alkanes) is 2. The highest BCUT2D eigenvalue weighted by atomic mass is 32.2. The van der Waals surface area contributed by atoms with Crippen molar-refractivity contribution in [2.75, 3.05) is 13.7 Å². The molecule has 0 radical (unpaired) electrons. The van der Waals surface area contributed by atoms with Crippen molar-refractivity contribution in [2.45, 2.75) is 128 Å². The van der Waals surface area contributed by atoms with E-state index in [2.05, 4.69) is 88.1 Å². The molecule has 0 aliphatic heterocycles. The first kappa shape index (κ1) is 47.8. The van der Waals surface area contributed by atoms with E-state index in [0.717, 1.165) is 89.5 Å². The summed E-state index contributed by atoms with van der Waals surface area (Å²) in [6.07, 6.45) is 6.58. The number of aryl methyl sites for hydroxylation is 4. The fourth-order valence-corrected chi connectivity index (χ4v) is 8.38. The average molecular weight is 775 g/mol. The van der Waals surface area contributed by atoms with Crippen LogP contribution in [0.25, 0.3) is 0 Å². The van der Waals surface area contributed by atoms with E-state index in [1.54, 1.807) is 23.5 Å². The molecule has 0 amide bonds. The van der Waals surface area contributed by atoms with E-state index in [4.69, 9.17) is 9.47 Å². The average Bonchev–Trinajstić information content (AvgIpc) is 3.12. The Labute approximate surface area is 332 Å². The minimum absolute atomic E-state index is 0. The summed E-state index contributed by atoms with van der Waals surface area (Å²) in [5.41, 5.74) is 8.36. The third-order valence-electron chi connectivity index (χ3n) is 8.77. The molecule has 0 aliphatic carbocycles. The predicted molar refractivity (Wildman–Crippen MR) is 235 cm³/mol. The Kier molecular flexibility index (Phi) is 22.5. The number of rotatable bonds is 17. The van der Waals surface area contributed by atoms with Crippen LogP contribution in [-0.2, 0) is 33.8 Å². The lowest BCUT2D eigenvalue weighted by atomic mass is 9.94. The molecule has 4 aromatic carbocycles. The fourth-order valence-electron chi connectivity index (χ4n) is 5.69. The number of esters is 2. The van der Waals surface area contributed by atoms with E-state index in [1.165, 1.54) is 28.0 Å². The topological polar surface area (TPSA) is 52.6 Å². The Morgan fingerprint density at radius 1 is 0.623 bits per heavy atom. The van der Waals surface area contributed by atoms with Gasteiger partial charge in [-0.1, -0.05) is 122 Å². The van der Waals surface area contributed by atoms with Gasteiger partial charge in [0.25, 0.3) is 0 Å². The molecule has 0 heterocycles. The number of benzene rings is 4. The van der Waals surface area contributed by atoms with Gasteiger partial charge in [-0.25, -0.2) is 9.59 Å². The molecule has 0 aromatic heterocycles. The summed E-state index contributed by atoms with van der Waals surface area (Å²) < 4.78 is 10.7. The predicted octanol–water partition coefficient (Wildman–Crippen LogP) is 13.8. The highest BCUT2D eigenvalue weighted by molar-refractivity contribution is 7.98. The highest BCUT2D eigenvalue weighted by Gasteiger charge is 2.21. The number of thioether (sulfide) groups is 2. The maximum atomic E-state index is 13.0. The molecule has 4 aromatic rings. The summed E-state index contributed by atoms with van der Waals surface area (Å²) in [7, 11) is 0.232. The van der Waals surface area contributed by atoms with Crippen LogP contribution in [0.3, 0.4) is 0 Å². The Hall–Kier alpha value is -3.26. The van der Waals surface area contributed by atoms with Crippen molar-refractivity contribution >= 4 is 43.5 Å². The second-order valence-electron chi connectivity index (χ2n) is 14.1. The Morgan fingerprint density at radius 2 is 1.04 bits per heavy atom. The van der Waals surface area contributed by atoms with Crippen LogP contribution in [0.5, 0.6) is 0 Å².